The summed E-state index contributed by atoms with van der Waals surface area (Å²) in [6.07, 6.45) is 3.69. The fourth-order valence-corrected chi connectivity index (χ4v) is 1.99. The van der Waals surface area contributed by atoms with Gasteiger partial charge in [0.2, 0.25) is 0 Å². The molecule has 1 atom stereocenters. The summed E-state index contributed by atoms with van der Waals surface area (Å²) in [5.74, 6) is 0.822. The van der Waals surface area contributed by atoms with Crippen molar-refractivity contribution in [2.24, 2.45) is 11.7 Å². The van der Waals surface area contributed by atoms with Crippen molar-refractivity contribution in [1.29, 1.82) is 0 Å². The number of hydrogen-bond donors (Lipinski definition) is 1. The highest BCUT2D eigenvalue weighted by atomic mass is 35.5. The van der Waals surface area contributed by atoms with Crippen LogP contribution in [0.5, 0.6) is 0 Å². The van der Waals surface area contributed by atoms with Gasteiger partial charge in [-0.3, -0.25) is 0 Å². The van der Waals surface area contributed by atoms with Crippen molar-refractivity contribution in [3.63, 3.8) is 0 Å². The highest BCUT2D eigenvalue weighted by Crippen LogP contribution is 2.37. The Morgan fingerprint density at radius 3 is 2.86 bits per heavy atom. The minimum Gasteiger partial charge on any atom is -0.324 e. The lowest BCUT2D eigenvalue weighted by molar-refractivity contribution is 0.595. The number of aryl methyl sites for hydroxylation is 1. The molecule has 1 saturated carbocycles. The van der Waals surface area contributed by atoms with Gasteiger partial charge in [-0.2, -0.15) is 0 Å². The summed E-state index contributed by atoms with van der Waals surface area (Å²) < 4.78 is 0. The lowest BCUT2D eigenvalue weighted by Gasteiger charge is -2.12. The van der Waals surface area contributed by atoms with Crippen LogP contribution in [0.3, 0.4) is 0 Å². The maximum atomic E-state index is 6.06. The normalized spacial score (nSPS) is 18.2. The largest absolute Gasteiger partial charge is 0.324 e. The molecule has 14 heavy (non-hydrogen) atoms. The molecule has 1 fully saturated rings. The second-order valence-electron chi connectivity index (χ2n) is 4.12. The first-order valence-corrected chi connectivity index (χ1v) is 5.43. The van der Waals surface area contributed by atoms with Gasteiger partial charge in [-0.1, -0.05) is 30.5 Å². The van der Waals surface area contributed by atoms with Crippen LogP contribution < -0.4 is 5.73 Å². The lowest BCUT2D eigenvalue weighted by atomic mass is 10.0. The second-order valence-corrected chi connectivity index (χ2v) is 4.48. The molecule has 2 rings (SSSR count). The molecule has 0 radical (unpaired) electrons. The molecule has 1 aliphatic carbocycles. The molecule has 2 N–H and O–H groups in total. The third kappa shape index (κ3) is 2.25. The van der Waals surface area contributed by atoms with Crippen LogP contribution in [0.15, 0.2) is 12.1 Å². The first-order valence-electron chi connectivity index (χ1n) is 5.05. The molecule has 0 unspecified atom stereocenters. The van der Waals surface area contributed by atoms with E-state index in [1.807, 2.05) is 19.1 Å². The standard InChI is InChI=1S/C11H15ClN2/c1-7-2-5-9(11(12)14-7)10(13)6-8-3-4-8/h2,5,8,10H,3-4,6,13H2,1H3/t10-/m0/s1. The van der Waals surface area contributed by atoms with Gasteiger partial charge >= 0.3 is 0 Å². The van der Waals surface area contributed by atoms with E-state index < -0.39 is 0 Å². The fourth-order valence-electron chi connectivity index (χ4n) is 1.65. The highest BCUT2D eigenvalue weighted by molar-refractivity contribution is 6.30. The Hall–Kier alpha value is -0.600. The van der Waals surface area contributed by atoms with Crippen LogP contribution in [-0.2, 0) is 0 Å². The van der Waals surface area contributed by atoms with Gasteiger partial charge in [-0.05, 0) is 25.3 Å². The average Bonchev–Trinajstić information content (AvgIpc) is 2.87. The Balaban J connectivity index is 2.13. The van der Waals surface area contributed by atoms with Gasteiger partial charge < -0.3 is 5.73 Å². The van der Waals surface area contributed by atoms with E-state index in [0.717, 1.165) is 23.6 Å². The number of rotatable bonds is 3. The van der Waals surface area contributed by atoms with Crippen molar-refractivity contribution in [3.05, 3.63) is 28.5 Å². The number of hydrogen-bond acceptors (Lipinski definition) is 2. The molecular formula is C11H15ClN2. The molecule has 1 heterocycles. The summed E-state index contributed by atoms with van der Waals surface area (Å²) >= 11 is 6.04. The van der Waals surface area contributed by atoms with Crippen LogP contribution in [0.1, 0.15) is 36.6 Å². The van der Waals surface area contributed by atoms with Gasteiger partial charge in [0.1, 0.15) is 5.15 Å². The second kappa shape index (κ2) is 3.87. The monoisotopic (exact) mass is 210 g/mol. The van der Waals surface area contributed by atoms with Crippen LogP contribution in [0.2, 0.25) is 5.15 Å². The van der Waals surface area contributed by atoms with E-state index in [2.05, 4.69) is 4.98 Å². The molecule has 0 amide bonds. The molecule has 0 aliphatic heterocycles. The zero-order valence-electron chi connectivity index (χ0n) is 8.33. The lowest BCUT2D eigenvalue weighted by Crippen LogP contribution is -2.12. The van der Waals surface area contributed by atoms with Crippen molar-refractivity contribution in [2.45, 2.75) is 32.2 Å². The number of halogens is 1. The molecule has 76 valence electrons. The number of nitrogens with two attached hydrogens (primary N) is 1. The van der Waals surface area contributed by atoms with Crippen LogP contribution >= 0.6 is 11.6 Å². The molecule has 1 aliphatic rings. The number of pyridine rings is 1. The smallest absolute Gasteiger partial charge is 0.134 e. The topological polar surface area (TPSA) is 38.9 Å². The minimum atomic E-state index is 0.0584. The van der Waals surface area contributed by atoms with Crippen LogP contribution in [0.4, 0.5) is 0 Å². The Morgan fingerprint density at radius 1 is 1.57 bits per heavy atom. The minimum absolute atomic E-state index is 0.0584. The zero-order chi connectivity index (χ0) is 10.1. The van der Waals surface area contributed by atoms with Crippen molar-refractivity contribution in [1.82, 2.24) is 4.98 Å². The van der Waals surface area contributed by atoms with Crippen molar-refractivity contribution in [3.8, 4) is 0 Å². The quantitative estimate of drug-likeness (QED) is 0.780. The average molecular weight is 211 g/mol. The summed E-state index contributed by atoms with van der Waals surface area (Å²) in [6.45, 7) is 1.93. The van der Waals surface area contributed by atoms with E-state index in [1.54, 1.807) is 0 Å². The van der Waals surface area contributed by atoms with Crippen LogP contribution in [-0.4, -0.2) is 4.98 Å². The van der Waals surface area contributed by atoms with Crippen molar-refractivity contribution >= 4 is 11.6 Å². The van der Waals surface area contributed by atoms with E-state index >= 15 is 0 Å². The highest BCUT2D eigenvalue weighted by Gasteiger charge is 2.25. The Labute approximate surface area is 89.5 Å². The van der Waals surface area contributed by atoms with E-state index in [9.17, 15) is 0 Å². The van der Waals surface area contributed by atoms with Gasteiger partial charge in [-0.25, -0.2) is 4.98 Å². The summed E-state index contributed by atoms with van der Waals surface area (Å²) in [4.78, 5) is 4.21. The van der Waals surface area contributed by atoms with Crippen LogP contribution in [0.25, 0.3) is 0 Å². The molecule has 1 aromatic heterocycles. The van der Waals surface area contributed by atoms with E-state index in [0.29, 0.717) is 5.15 Å². The predicted octanol–water partition coefficient (Wildman–Crippen LogP) is 2.84. The van der Waals surface area contributed by atoms with E-state index in [-0.39, 0.29) is 6.04 Å². The predicted molar refractivity (Wildman–Crippen MR) is 58.3 cm³/mol. The maximum Gasteiger partial charge on any atom is 0.134 e. The fraction of sp³-hybridized carbons (Fsp3) is 0.545. The molecule has 0 saturated heterocycles. The van der Waals surface area contributed by atoms with Gasteiger partial charge in [0, 0.05) is 17.3 Å². The molecule has 2 nitrogen and oxygen atoms in total. The number of nitrogens with zero attached hydrogens (tertiary/aromatic N) is 1. The molecule has 0 aromatic carbocycles. The zero-order valence-corrected chi connectivity index (χ0v) is 9.09. The molecular weight excluding hydrogens is 196 g/mol. The molecule has 0 bridgehead atoms. The molecule has 1 aromatic rings. The summed E-state index contributed by atoms with van der Waals surface area (Å²) in [5, 5.41) is 0.568. The first kappa shape index (κ1) is 9.94. The Morgan fingerprint density at radius 2 is 2.29 bits per heavy atom. The van der Waals surface area contributed by atoms with E-state index in [4.69, 9.17) is 17.3 Å². The van der Waals surface area contributed by atoms with Crippen molar-refractivity contribution < 1.29 is 0 Å². The first-order chi connectivity index (χ1) is 6.66. The summed E-state index contributed by atoms with van der Waals surface area (Å²) in [5.41, 5.74) is 7.99. The summed E-state index contributed by atoms with van der Waals surface area (Å²) in [6, 6.07) is 4.02. The molecule has 3 heteroatoms. The molecule has 0 spiro atoms. The van der Waals surface area contributed by atoms with Crippen molar-refractivity contribution in [2.75, 3.05) is 0 Å². The Kier molecular flexibility index (Phi) is 2.75. The maximum absolute atomic E-state index is 6.06. The summed E-state index contributed by atoms with van der Waals surface area (Å²) in [7, 11) is 0. The third-order valence-electron chi connectivity index (χ3n) is 2.70. The SMILES string of the molecule is Cc1ccc([C@@H](N)CC2CC2)c(Cl)n1. The Bertz CT molecular complexity index is 334. The van der Waals surface area contributed by atoms with E-state index in [1.165, 1.54) is 12.8 Å². The third-order valence-corrected chi connectivity index (χ3v) is 3.00. The number of aromatic nitrogens is 1. The van der Waals surface area contributed by atoms with Gasteiger partial charge in [0.05, 0.1) is 0 Å². The van der Waals surface area contributed by atoms with Gasteiger partial charge in [0.25, 0.3) is 0 Å². The van der Waals surface area contributed by atoms with Crippen LogP contribution in [0, 0.1) is 12.8 Å². The van der Waals surface area contributed by atoms with Gasteiger partial charge in [0.15, 0.2) is 0 Å². The van der Waals surface area contributed by atoms with Gasteiger partial charge in [-0.15, -0.1) is 0 Å².